The quantitative estimate of drug-likeness (QED) is 0.647. The molecule has 0 atom stereocenters. The number of carbonyl (C=O) groups is 1. The third-order valence-electron chi connectivity index (χ3n) is 4.08. The number of nitrogens with one attached hydrogen (secondary N) is 1. The van der Waals surface area contributed by atoms with Gasteiger partial charge in [-0.3, -0.25) is 4.79 Å². The smallest absolute Gasteiger partial charge is 0.228 e. The monoisotopic (exact) mass is 383 g/mol. The lowest BCUT2D eigenvalue weighted by Gasteiger charge is -2.14. The second kappa shape index (κ2) is 8.60. The molecule has 0 aliphatic rings. The molecule has 0 radical (unpaired) electrons. The van der Waals surface area contributed by atoms with Gasteiger partial charge in [0.05, 0.1) is 27.8 Å². The summed E-state index contributed by atoms with van der Waals surface area (Å²) in [5, 5.41) is 5.02. The minimum absolute atomic E-state index is 0.117. The molecule has 0 saturated carbocycles. The molecule has 0 bridgehead atoms. The SMILES string of the molecule is COc1cc(CC(=O)Nc2ccccc2-c2cccs2)cc(OC)c1OC. The third-order valence-corrected chi connectivity index (χ3v) is 4.98. The summed E-state index contributed by atoms with van der Waals surface area (Å²) >= 11 is 1.64. The van der Waals surface area contributed by atoms with Crippen molar-refractivity contribution in [1.82, 2.24) is 0 Å². The van der Waals surface area contributed by atoms with Gasteiger partial charge in [-0.2, -0.15) is 0 Å². The van der Waals surface area contributed by atoms with Crippen LogP contribution >= 0.6 is 11.3 Å². The van der Waals surface area contributed by atoms with E-state index in [-0.39, 0.29) is 12.3 Å². The first-order valence-corrected chi connectivity index (χ1v) is 9.26. The number of thiophene rings is 1. The van der Waals surface area contributed by atoms with Gasteiger partial charge in [0.2, 0.25) is 11.7 Å². The van der Waals surface area contributed by atoms with Gasteiger partial charge in [0.25, 0.3) is 0 Å². The summed E-state index contributed by atoms with van der Waals surface area (Å²) in [6.07, 6.45) is 0.190. The Morgan fingerprint density at radius 3 is 2.26 bits per heavy atom. The van der Waals surface area contributed by atoms with E-state index in [0.717, 1.165) is 21.7 Å². The van der Waals surface area contributed by atoms with Gasteiger partial charge < -0.3 is 19.5 Å². The number of anilines is 1. The number of ether oxygens (including phenoxy) is 3. The first-order chi connectivity index (χ1) is 13.2. The molecule has 0 spiro atoms. The van der Waals surface area contributed by atoms with Crippen LogP contribution in [0.15, 0.2) is 53.9 Å². The molecule has 0 aliphatic heterocycles. The molecule has 3 aromatic rings. The number of para-hydroxylation sites is 1. The van der Waals surface area contributed by atoms with Crippen LogP contribution in [0.2, 0.25) is 0 Å². The molecule has 27 heavy (non-hydrogen) atoms. The minimum Gasteiger partial charge on any atom is -0.493 e. The fourth-order valence-electron chi connectivity index (χ4n) is 2.86. The zero-order valence-electron chi connectivity index (χ0n) is 15.4. The van der Waals surface area contributed by atoms with Gasteiger partial charge in [0.15, 0.2) is 11.5 Å². The third kappa shape index (κ3) is 4.23. The molecular weight excluding hydrogens is 362 g/mol. The van der Waals surface area contributed by atoms with Crippen molar-refractivity contribution in [2.45, 2.75) is 6.42 Å². The van der Waals surface area contributed by atoms with Gasteiger partial charge in [0, 0.05) is 16.1 Å². The topological polar surface area (TPSA) is 56.8 Å². The Morgan fingerprint density at radius 2 is 1.67 bits per heavy atom. The average molecular weight is 383 g/mol. The molecule has 0 fully saturated rings. The maximum atomic E-state index is 12.6. The normalized spacial score (nSPS) is 10.3. The van der Waals surface area contributed by atoms with Crippen molar-refractivity contribution in [3.63, 3.8) is 0 Å². The molecule has 0 unspecified atom stereocenters. The Hall–Kier alpha value is -2.99. The van der Waals surface area contributed by atoms with Crippen molar-refractivity contribution in [2.24, 2.45) is 0 Å². The molecule has 1 amide bonds. The highest BCUT2D eigenvalue weighted by Crippen LogP contribution is 2.38. The Morgan fingerprint density at radius 1 is 0.963 bits per heavy atom. The summed E-state index contributed by atoms with van der Waals surface area (Å²) in [6.45, 7) is 0. The van der Waals surface area contributed by atoms with Crippen molar-refractivity contribution in [3.8, 4) is 27.7 Å². The van der Waals surface area contributed by atoms with Crippen molar-refractivity contribution in [1.29, 1.82) is 0 Å². The van der Waals surface area contributed by atoms with Gasteiger partial charge >= 0.3 is 0 Å². The maximum Gasteiger partial charge on any atom is 0.228 e. The molecule has 5 nitrogen and oxygen atoms in total. The highest BCUT2D eigenvalue weighted by atomic mass is 32.1. The highest BCUT2D eigenvalue weighted by molar-refractivity contribution is 7.13. The number of methoxy groups -OCH3 is 3. The predicted octanol–water partition coefficient (Wildman–Crippen LogP) is 4.62. The lowest BCUT2D eigenvalue weighted by Crippen LogP contribution is -2.15. The Bertz CT molecular complexity index is 897. The average Bonchev–Trinajstić information content (AvgIpc) is 3.22. The van der Waals surface area contributed by atoms with Gasteiger partial charge in [0.1, 0.15) is 0 Å². The molecule has 0 aliphatic carbocycles. The number of hydrogen-bond acceptors (Lipinski definition) is 5. The lowest BCUT2D eigenvalue weighted by molar-refractivity contribution is -0.115. The molecule has 2 aromatic carbocycles. The number of rotatable bonds is 7. The standard InChI is InChI=1S/C21H21NO4S/c1-24-17-11-14(12-18(25-2)21(17)26-3)13-20(23)22-16-8-5-4-7-15(16)19-9-6-10-27-19/h4-12H,13H2,1-3H3,(H,22,23). The molecular formula is C21H21NO4S. The molecule has 140 valence electrons. The van der Waals surface area contributed by atoms with Crippen LogP contribution in [-0.2, 0) is 11.2 Å². The van der Waals surface area contributed by atoms with E-state index >= 15 is 0 Å². The van der Waals surface area contributed by atoms with Crippen molar-refractivity contribution >= 4 is 22.9 Å². The van der Waals surface area contributed by atoms with Gasteiger partial charge in [-0.05, 0) is 35.2 Å². The van der Waals surface area contributed by atoms with Crippen molar-refractivity contribution in [3.05, 3.63) is 59.5 Å². The Kier molecular flexibility index (Phi) is 5.98. The van der Waals surface area contributed by atoms with E-state index in [9.17, 15) is 4.79 Å². The lowest BCUT2D eigenvalue weighted by atomic mass is 10.1. The molecule has 6 heteroatoms. The zero-order valence-corrected chi connectivity index (χ0v) is 16.3. The van der Waals surface area contributed by atoms with Gasteiger partial charge in [-0.15, -0.1) is 11.3 Å². The van der Waals surface area contributed by atoms with Crippen LogP contribution < -0.4 is 19.5 Å². The van der Waals surface area contributed by atoms with E-state index in [4.69, 9.17) is 14.2 Å². The first-order valence-electron chi connectivity index (χ1n) is 8.38. The number of benzene rings is 2. The summed E-state index contributed by atoms with van der Waals surface area (Å²) in [7, 11) is 4.66. The van der Waals surface area contributed by atoms with Crippen LogP contribution in [0.3, 0.4) is 0 Å². The summed E-state index contributed by atoms with van der Waals surface area (Å²) in [4.78, 5) is 13.7. The van der Waals surface area contributed by atoms with E-state index in [1.807, 2.05) is 41.8 Å². The van der Waals surface area contributed by atoms with Gasteiger partial charge in [-0.1, -0.05) is 24.3 Å². The number of hydrogen-bond donors (Lipinski definition) is 1. The second-order valence-electron chi connectivity index (χ2n) is 5.78. The zero-order chi connectivity index (χ0) is 19.2. The second-order valence-corrected chi connectivity index (χ2v) is 6.73. The molecule has 0 saturated heterocycles. The highest BCUT2D eigenvalue weighted by Gasteiger charge is 2.16. The van der Waals surface area contributed by atoms with E-state index in [2.05, 4.69) is 5.32 Å². The molecule has 3 rings (SSSR count). The molecule has 1 N–H and O–H groups in total. The van der Waals surface area contributed by atoms with Crippen molar-refractivity contribution in [2.75, 3.05) is 26.6 Å². The fourth-order valence-corrected chi connectivity index (χ4v) is 3.62. The van der Waals surface area contributed by atoms with E-state index in [0.29, 0.717) is 17.2 Å². The maximum absolute atomic E-state index is 12.6. The van der Waals surface area contributed by atoms with Crippen LogP contribution in [0.25, 0.3) is 10.4 Å². The fraction of sp³-hybridized carbons (Fsp3) is 0.190. The number of amides is 1. The summed E-state index contributed by atoms with van der Waals surface area (Å²) in [5.41, 5.74) is 2.57. The molecule has 1 aromatic heterocycles. The van der Waals surface area contributed by atoms with Crippen LogP contribution in [0.5, 0.6) is 17.2 Å². The van der Waals surface area contributed by atoms with Crippen LogP contribution in [0.4, 0.5) is 5.69 Å². The van der Waals surface area contributed by atoms with Crippen LogP contribution in [0, 0.1) is 0 Å². The minimum atomic E-state index is -0.117. The Balaban J connectivity index is 1.81. The molecule has 1 heterocycles. The van der Waals surface area contributed by atoms with E-state index in [1.54, 1.807) is 44.8 Å². The van der Waals surface area contributed by atoms with Crippen LogP contribution in [0.1, 0.15) is 5.56 Å². The predicted molar refractivity (Wildman–Crippen MR) is 108 cm³/mol. The Labute approximate surface area is 162 Å². The number of carbonyl (C=O) groups excluding carboxylic acids is 1. The summed E-state index contributed by atoms with van der Waals surface area (Å²) in [6, 6.07) is 15.4. The summed E-state index contributed by atoms with van der Waals surface area (Å²) < 4.78 is 16.0. The first kappa shape index (κ1) is 18.8. The van der Waals surface area contributed by atoms with Gasteiger partial charge in [-0.25, -0.2) is 0 Å². The van der Waals surface area contributed by atoms with E-state index < -0.39 is 0 Å². The largest absolute Gasteiger partial charge is 0.493 e. The van der Waals surface area contributed by atoms with E-state index in [1.165, 1.54) is 0 Å². The summed E-state index contributed by atoms with van der Waals surface area (Å²) in [5.74, 6) is 1.44. The van der Waals surface area contributed by atoms with Crippen LogP contribution in [-0.4, -0.2) is 27.2 Å². The van der Waals surface area contributed by atoms with Crippen molar-refractivity contribution < 1.29 is 19.0 Å².